The van der Waals surface area contributed by atoms with E-state index in [0.29, 0.717) is 17.0 Å². The zero-order chi connectivity index (χ0) is 22.0. The van der Waals surface area contributed by atoms with E-state index in [9.17, 15) is 14.4 Å². The fourth-order valence-corrected chi connectivity index (χ4v) is 3.45. The van der Waals surface area contributed by atoms with Crippen molar-refractivity contribution in [2.75, 3.05) is 19.0 Å². The van der Waals surface area contributed by atoms with Crippen molar-refractivity contribution in [3.05, 3.63) is 11.6 Å². The van der Waals surface area contributed by atoms with Crippen LogP contribution in [0.2, 0.25) is 5.28 Å². The Morgan fingerprint density at radius 1 is 1.13 bits per heavy atom. The van der Waals surface area contributed by atoms with E-state index in [-0.39, 0.29) is 11.9 Å². The van der Waals surface area contributed by atoms with Crippen LogP contribution in [-0.2, 0) is 33.3 Å². The van der Waals surface area contributed by atoms with Gasteiger partial charge in [0.05, 0.1) is 0 Å². The van der Waals surface area contributed by atoms with E-state index in [1.807, 2.05) is 0 Å². The van der Waals surface area contributed by atoms with Gasteiger partial charge in [-0.15, -0.1) is 0 Å². The summed E-state index contributed by atoms with van der Waals surface area (Å²) in [5.41, 5.74) is 0.666. The second kappa shape index (κ2) is 8.79. The van der Waals surface area contributed by atoms with Crippen LogP contribution in [0.25, 0.3) is 11.2 Å². The van der Waals surface area contributed by atoms with Crippen molar-refractivity contribution >= 4 is 46.5 Å². The number of carbonyl (C=O) groups is 3. The van der Waals surface area contributed by atoms with Crippen molar-refractivity contribution < 1.29 is 33.3 Å². The minimum atomic E-state index is -1.10. The first-order chi connectivity index (χ1) is 14.2. The number of aromatic nitrogens is 4. The van der Waals surface area contributed by atoms with Crippen LogP contribution in [0, 0.1) is 0 Å². The standard InChI is InChI=1S/C17H20ClN5O7/c1-7(24)27-5-10-12(28-8(2)25)13(29-9(3)26)16(30-10)23-15-11(22-17(23)18)14(19-4)20-6-21-15/h6,10,12-13,16H,5H2,1-4H3,(H,19,20,21). The predicted molar refractivity (Wildman–Crippen MR) is 102 cm³/mol. The van der Waals surface area contributed by atoms with Gasteiger partial charge in [0, 0.05) is 27.8 Å². The van der Waals surface area contributed by atoms with Crippen LogP contribution >= 0.6 is 11.6 Å². The number of nitrogens with one attached hydrogen (secondary N) is 1. The van der Waals surface area contributed by atoms with Gasteiger partial charge in [-0.3, -0.25) is 19.0 Å². The molecule has 0 saturated carbocycles. The van der Waals surface area contributed by atoms with Gasteiger partial charge in [-0.05, 0) is 11.6 Å². The van der Waals surface area contributed by atoms with E-state index >= 15 is 0 Å². The van der Waals surface area contributed by atoms with E-state index in [1.165, 1.54) is 31.7 Å². The Morgan fingerprint density at radius 3 is 2.40 bits per heavy atom. The van der Waals surface area contributed by atoms with E-state index in [2.05, 4.69) is 20.3 Å². The van der Waals surface area contributed by atoms with E-state index < -0.39 is 42.4 Å². The molecular weight excluding hydrogens is 422 g/mol. The van der Waals surface area contributed by atoms with Crippen molar-refractivity contribution in [1.29, 1.82) is 0 Å². The molecule has 13 heteroatoms. The van der Waals surface area contributed by atoms with Crippen LogP contribution in [0.4, 0.5) is 5.82 Å². The first-order valence-electron chi connectivity index (χ1n) is 8.92. The van der Waals surface area contributed by atoms with Gasteiger partial charge in [0.1, 0.15) is 19.0 Å². The predicted octanol–water partition coefficient (Wildman–Crippen LogP) is 0.845. The number of carbonyl (C=O) groups excluding carboxylic acids is 3. The largest absolute Gasteiger partial charge is 0.463 e. The van der Waals surface area contributed by atoms with Gasteiger partial charge in [-0.25, -0.2) is 15.0 Å². The number of halogens is 1. The molecule has 1 saturated heterocycles. The molecule has 0 amide bonds. The van der Waals surface area contributed by atoms with Crippen LogP contribution in [0.1, 0.15) is 27.0 Å². The summed E-state index contributed by atoms with van der Waals surface area (Å²) < 4.78 is 23.1. The number of nitrogens with zero attached hydrogens (tertiary/aromatic N) is 4. The number of imidazole rings is 1. The lowest BCUT2D eigenvalue weighted by Gasteiger charge is -2.24. The fraction of sp³-hybridized carbons (Fsp3) is 0.529. The second-order valence-corrected chi connectivity index (χ2v) is 6.75. The summed E-state index contributed by atoms with van der Waals surface area (Å²) in [6.07, 6.45) is -2.84. The third-order valence-corrected chi connectivity index (χ3v) is 4.53. The normalized spacial score (nSPS) is 23.2. The zero-order valence-electron chi connectivity index (χ0n) is 16.6. The van der Waals surface area contributed by atoms with Gasteiger partial charge in [0.2, 0.25) is 5.28 Å². The van der Waals surface area contributed by atoms with Crippen molar-refractivity contribution in [2.45, 2.75) is 45.3 Å². The maximum absolute atomic E-state index is 11.8. The molecule has 1 aliphatic heterocycles. The molecule has 3 rings (SSSR count). The van der Waals surface area contributed by atoms with Crippen molar-refractivity contribution in [2.24, 2.45) is 0 Å². The molecular formula is C17H20ClN5O7. The number of hydrogen-bond donors (Lipinski definition) is 1. The fourth-order valence-electron chi connectivity index (χ4n) is 3.19. The topological polar surface area (TPSA) is 144 Å². The van der Waals surface area contributed by atoms with Crippen LogP contribution in [0.5, 0.6) is 0 Å². The van der Waals surface area contributed by atoms with Crippen LogP contribution in [-0.4, -0.2) is 69.4 Å². The average molecular weight is 442 g/mol. The van der Waals surface area contributed by atoms with Gasteiger partial charge in [-0.1, -0.05) is 0 Å². The van der Waals surface area contributed by atoms with E-state index in [1.54, 1.807) is 7.05 Å². The minimum absolute atomic E-state index is 0.0149. The van der Waals surface area contributed by atoms with Crippen molar-refractivity contribution in [3.8, 4) is 0 Å². The number of fused-ring (bicyclic) bond motifs is 1. The number of anilines is 1. The van der Waals surface area contributed by atoms with Crippen LogP contribution in [0.3, 0.4) is 0 Å². The van der Waals surface area contributed by atoms with E-state index in [4.69, 9.17) is 30.5 Å². The molecule has 0 aliphatic carbocycles. The summed E-state index contributed by atoms with van der Waals surface area (Å²) in [7, 11) is 1.66. The molecule has 1 aliphatic rings. The van der Waals surface area contributed by atoms with Crippen molar-refractivity contribution in [1.82, 2.24) is 19.5 Å². The molecule has 2 aromatic rings. The highest BCUT2D eigenvalue weighted by molar-refractivity contribution is 6.29. The van der Waals surface area contributed by atoms with E-state index in [0.717, 1.165) is 0 Å². The zero-order valence-corrected chi connectivity index (χ0v) is 17.4. The Bertz CT molecular complexity index is 981. The Labute approximate surface area is 175 Å². The summed E-state index contributed by atoms with van der Waals surface area (Å²) >= 11 is 6.35. The SMILES string of the molecule is CNc1ncnc2c1nc(Cl)n2C1OC(COC(C)=O)C(OC(C)=O)C1OC(C)=O. The lowest BCUT2D eigenvalue weighted by molar-refractivity contribution is -0.166. The summed E-state index contributed by atoms with van der Waals surface area (Å²) in [5.74, 6) is -1.39. The lowest BCUT2D eigenvalue weighted by Crippen LogP contribution is -2.40. The molecule has 12 nitrogen and oxygen atoms in total. The highest BCUT2D eigenvalue weighted by Crippen LogP contribution is 2.38. The number of rotatable bonds is 6. The monoisotopic (exact) mass is 441 g/mol. The molecule has 0 aromatic carbocycles. The lowest BCUT2D eigenvalue weighted by atomic mass is 10.1. The first-order valence-corrected chi connectivity index (χ1v) is 9.30. The summed E-state index contributed by atoms with van der Waals surface area (Å²) in [5, 5.41) is 2.87. The molecule has 4 atom stereocenters. The number of ether oxygens (including phenoxy) is 4. The molecule has 30 heavy (non-hydrogen) atoms. The highest BCUT2D eigenvalue weighted by Gasteiger charge is 2.51. The molecule has 3 heterocycles. The van der Waals surface area contributed by atoms with Gasteiger partial charge in [-0.2, -0.15) is 0 Å². The summed E-state index contributed by atoms with van der Waals surface area (Å²) in [6, 6.07) is 0. The molecule has 162 valence electrons. The molecule has 0 bridgehead atoms. The Hall–Kier alpha value is -2.99. The minimum Gasteiger partial charge on any atom is -0.463 e. The van der Waals surface area contributed by atoms with Gasteiger partial charge < -0.3 is 24.3 Å². The van der Waals surface area contributed by atoms with Crippen molar-refractivity contribution in [3.63, 3.8) is 0 Å². The Kier molecular flexibility index (Phi) is 6.37. The van der Waals surface area contributed by atoms with Gasteiger partial charge in [0.15, 0.2) is 35.4 Å². The Morgan fingerprint density at radius 2 is 1.80 bits per heavy atom. The van der Waals surface area contributed by atoms with Crippen LogP contribution < -0.4 is 5.32 Å². The van der Waals surface area contributed by atoms with Gasteiger partial charge in [0.25, 0.3) is 0 Å². The molecule has 2 aromatic heterocycles. The second-order valence-electron chi connectivity index (χ2n) is 6.41. The smallest absolute Gasteiger partial charge is 0.303 e. The highest BCUT2D eigenvalue weighted by atomic mass is 35.5. The number of esters is 3. The average Bonchev–Trinajstić information content (AvgIpc) is 3.16. The summed E-state index contributed by atoms with van der Waals surface area (Å²) in [4.78, 5) is 47.3. The molecule has 0 radical (unpaired) electrons. The number of hydrogen-bond acceptors (Lipinski definition) is 11. The quantitative estimate of drug-likeness (QED) is 0.386. The van der Waals surface area contributed by atoms with Gasteiger partial charge >= 0.3 is 17.9 Å². The first kappa shape index (κ1) is 21.7. The molecule has 4 unspecified atom stereocenters. The third-order valence-electron chi connectivity index (χ3n) is 4.27. The Balaban J connectivity index is 2.08. The molecule has 1 fully saturated rings. The third kappa shape index (κ3) is 4.28. The van der Waals surface area contributed by atoms with Crippen LogP contribution in [0.15, 0.2) is 6.33 Å². The molecule has 0 spiro atoms. The maximum atomic E-state index is 11.8. The molecule has 1 N–H and O–H groups in total. The summed E-state index contributed by atoms with van der Waals surface area (Å²) in [6.45, 7) is 3.40. The maximum Gasteiger partial charge on any atom is 0.303 e.